The fourth-order valence-corrected chi connectivity index (χ4v) is 3.50. The number of amides is 1. The molecule has 0 saturated heterocycles. The van der Waals surface area contributed by atoms with Gasteiger partial charge in [0.1, 0.15) is 12.4 Å². The third kappa shape index (κ3) is 3.35. The first-order valence-electron chi connectivity index (χ1n) is 9.06. The Kier molecular flexibility index (Phi) is 4.48. The third-order valence-corrected chi connectivity index (χ3v) is 5.05. The van der Waals surface area contributed by atoms with Gasteiger partial charge in [0.25, 0.3) is 5.56 Å². The number of fused-ring (bicyclic) bond motifs is 1. The number of rotatable bonds is 5. The standard InChI is InChI=1S/C21H20FN3O2/c1-14(17-7-4-5-9-19(17)22)25(16-10-11-16)20(26)13-24-21(27)18-8-3-2-6-15(18)12-23-24/h2-9,12,14,16H,10-11,13H2,1H3. The first-order valence-corrected chi connectivity index (χ1v) is 9.06. The molecular formula is C21H20FN3O2. The van der Waals surface area contributed by atoms with Crippen LogP contribution in [0.1, 0.15) is 31.4 Å². The van der Waals surface area contributed by atoms with E-state index < -0.39 is 6.04 Å². The Morgan fingerprint density at radius 1 is 1.22 bits per heavy atom. The normalized spacial score (nSPS) is 14.9. The monoisotopic (exact) mass is 365 g/mol. The lowest BCUT2D eigenvalue weighted by molar-refractivity contribution is -0.135. The van der Waals surface area contributed by atoms with E-state index >= 15 is 0 Å². The molecular weight excluding hydrogens is 345 g/mol. The van der Waals surface area contributed by atoms with Crippen LogP contribution in [-0.2, 0) is 11.3 Å². The van der Waals surface area contributed by atoms with Gasteiger partial charge < -0.3 is 4.90 Å². The maximum atomic E-state index is 14.2. The predicted octanol–water partition coefficient (Wildman–Crippen LogP) is 3.29. The molecule has 138 valence electrons. The number of nitrogens with zero attached hydrogens (tertiary/aromatic N) is 3. The molecule has 1 aliphatic carbocycles. The summed E-state index contributed by atoms with van der Waals surface area (Å²) in [7, 11) is 0. The van der Waals surface area contributed by atoms with Crippen molar-refractivity contribution in [2.75, 3.05) is 0 Å². The maximum absolute atomic E-state index is 14.2. The van der Waals surface area contributed by atoms with E-state index in [1.165, 1.54) is 10.7 Å². The summed E-state index contributed by atoms with van der Waals surface area (Å²) in [6.07, 6.45) is 3.38. The molecule has 5 nitrogen and oxygen atoms in total. The van der Waals surface area contributed by atoms with Crippen LogP contribution in [0.5, 0.6) is 0 Å². The Balaban J connectivity index is 1.63. The summed E-state index contributed by atoms with van der Waals surface area (Å²) in [5, 5.41) is 5.41. The summed E-state index contributed by atoms with van der Waals surface area (Å²) in [4.78, 5) is 27.3. The number of hydrogen-bond acceptors (Lipinski definition) is 3. The van der Waals surface area contributed by atoms with Crippen molar-refractivity contribution in [3.63, 3.8) is 0 Å². The van der Waals surface area contributed by atoms with Gasteiger partial charge in [-0.3, -0.25) is 9.59 Å². The Bertz CT molecular complexity index is 1060. The van der Waals surface area contributed by atoms with E-state index in [2.05, 4.69) is 5.10 Å². The molecule has 1 fully saturated rings. The van der Waals surface area contributed by atoms with Crippen molar-refractivity contribution in [2.24, 2.45) is 0 Å². The molecule has 0 radical (unpaired) electrons. The van der Waals surface area contributed by atoms with Gasteiger partial charge in [0.2, 0.25) is 5.91 Å². The number of carbonyl (C=O) groups is 1. The predicted molar refractivity (Wildman–Crippen MR) is 101 cm³/mol. The van der Waals surface area contributed by atoms with Crippen LogP contribution in [0.4, 0.5) is 4.39 Å². The zero-order valence-electron chi connectivity index (χ0n) is 15.0. The van der Waals surface area contributed by atoms with Crippen molar-refractivity contribution in [3.8, 4) is 0 Å². The van der Waals surface area contributed by atoms with Crippen LogP contribution in [-0.4, -0.2) is 26.6 Å². The largest absolute Gasteiger partial charge is 0.331 e. The van der Waals surface area contributed by atoms with Gasteiger partial charge in [-0.1, -0.05) is 36.4 Å². The Morgan fingerprint density at radius 2 is 1.93 bits per heavy atom. The molecule has 1 heterocycles. The van der Waals surface area contributed by atoms with E-state index in [0.29, 0.717) is 10.9 Å². The average molecular weight is 365 g/mol. The molecule has 0 aliphatic heterocycles. The molecule has 0 spiro atoms. The highest BCUT2D eigenvalue weighted by atomic mass is 19.1. The van der Waals surface area contributed by atoms with Gasteiger partial charge in [0.05, 0.1) is 17.6 Å². The highest BCUT2D eigenvalue weighted by Gasteiger charge is 2.37. The minimum atomic E-state index is -0.401. The van der Waals surface area contributed by atoms with Crippen LogP contribution in [0.25, 0.3) is 10.8 Å². The van der Waals surface area contributed by atoms with Gasteiger partial charge in [0, 0.05) is 17.0 Å². The molecule has 2 aromatic carbocycles. The third-order valence-electron chi connectivity index (χ3n) is 5.05. The number of aromatic nitrogens is 2. The summed E-state index contributed by atoms with van der Waals surface area (Å²) in [5.74, 6) is -0.553. The molecule has 1 saturated carbocycles. The van der Waals surface area contributed by atoms with Crippen molar-refractivity contribution in [3.05, 3.63) is 76.5 Å². The molecule has 4 rings (SSSR count). The summed E-state index contributed by atoms with van der Waals surface area (Å²) < 4.78 is 15.4. The number of benzene rings is 2. The van der Waals surface area contributed by atoms with E-state index in [9.17, 15) is 14.0 Å². The van der Waals surface area contributed by atoms with Gasteiger partial charge in [-0.05, 0) is 31.9 Å². The smallest absolute Gasteiger partial charge is 0.275 e. The minimum Gasteiger partial charge on any atom is -0.331 e. The lowest BCUT2D eigenvalue weighted by atomic mass is 10.1. The van der Waals surface area contributed by atoms with Crippen molar-refractivity contribution in [1.29, 1.82) is 0 Å². The van der Waals surface area contributed by atoms with E-state index in [1.54, 1.807) is 41.4 Å². The molecule has 3 aromatic rings. The Hall–Kier alpha value is -3.02. The highest BCUT2D eigenvalue weighted by molar-refractivity contribution is 5.81. The first kappa shape index (κ1) is 17.4. The van der Waals surface area contributed by atoms with Crippen LogP contribution in [0, 0.1) is 5.82 Å². The Morgan fingerprint density at radius 3 is 2.67 bits per heavy atom. The Labute approximate surface area is 156 Å². The van der Waals surface area contributed by atoms with Crippen LogP contribution >= 0.6 is 0 Å². The second kappa shape index (κ2) is 6.95. The van der Waals surface area contributed by atoms with E-state index in [1.807, 2.05) is 19.1 Å². The lowest BCUT2D eigenvalue weighted by Crippen LogP contribution is -2.40. The second-order valence-corrected chi connectivity index (χ2v) is 6.92. The fraction of sp³-hybridized carbons (Fsp3) is 0.286. The summed E-state index contributed by atoms with van der Waals surface area (Å²) >= 11 is 0. The van der Waals surface area contributed by atoms with Crippen molar-refractivity contribution < 1.29 is 9.18 Å². The van der Waals surface area contributed by atoms with Crippen molar-refractivity contribution >= 4 is 16.7 Å². The summed E-state index contributed by atoms with van der Waals surface area (Å²) in [6.45, 7) is 1.67. The molecule has 1 atom stereocenters. The molecule has 1 unspecified atom stereocenters. The zero-order chi connectivity index (χ0) is 19.0. The lowest BCUT2D eigenvalue weighted by Gasteiger charge is -2.30. The molecule has 1 aliphatic rings. The second-order valence-electron chi connectivity index (χ2n) is 6.92. The minimum absolute atomic E-state index is 0.0864. The quantitative estimate of drug-likeness (QED) is 0.697. The molecule has 6 heteroatoms. The molecule has 0 bridgehead atoms. The number of halogens is 1. The van der Waals surface area contributed by atoms with E-state index in [4.69, 9.17) is 0 Å². The van der Waals surface area contributed by atoms with Crippen LogP contribution in [0.15, 0.2) is 59.5 Å². The van der Waals surface area contributed by atoms with Crippen LogP contribution < -0.4 is 5.56 Å². The van der Waals surface area contributed by atoms with Gasteiger partial charge in [-0.2, -0.15) is 5.10 Å². The van der Waals surface area contributed by atoms with E-state index in [0.717, 1.165) is 18.2 Å². The van der Waals surface area contributed by atoms with Gasteiger partial charge >= 0.3 is 0 Å². The molecule has 1 aromatic heterocycles. The van der Waals surface area contributed by atoms with Crippen LogP contribution in [0.3, 0.4) is 0 Å². The van der Waals surface area contributed by atoms with Gasteiger partial charge in [-0.15, -0.1) is 0 Å². The SMILES string of the molecule is CC(c1ccccc1F)N(C(=O)Cn1ncc2ccccc2c1=O)C1CC1. The summed E-state index contributed by atoms with van der Waals surface area (Å²) in [6, 6.07) is 13.3. The highest BCUT2D eigenvalue weighted by Crippen LogP contribution is 2.35. The number of carbonyl (C=O) groups excluding carboxylic acids is 1. The molecule has 1 amide bonds. The van der Waals surface area contributed by atoms with Crippen LogP contribution in [0.2, 0.25) is 0 Å². The zero-order valence-corrected chi connectivity index (χ0v) is 15.0. The van der Waals surface area contributed by atoms with Gasteiger partial charge in [0.15, 0.2) is 0 Å². The molecule has 0 N–H and O–H groups in total. The summed E-state index contributed by atoms with van der Waals surface area (Å²) in [5.41, 5.74) is 0.187. The fourth-order valence-electron chi connectivity index (χ4n) is 3.50. The molecule has 27 heavy (non-hydrogen) atoms. The number of hydrogen-bond donors (Lipinski definition) is 0. The first-order chi connectivity index (χ1) is 13.1. The topological polar surface area (TPSA) is 55.2 Å². The van der Waals surface area contributed by atoms with Crippen molar-refractivity contribution in [1.82, 2.24) is 14.7 Å². The average Bonchev–Trinajstić information content (AvgIpc) is 3.49. The van der Waals surface area contributed by atoms with Crippen molar-refractivity contribution in [2.45, 2.75) is 38.4 Å². The van der Waals surface area contributed by atoms with E-state index in [-0.39, 0.29) is 29.9 Å². The van der Waals surface area contributed by atoms with Gasteiger partial charge in [-0.25, -0.2) is 9.07 Å². The maximum Gasteiger partial charge on any atom is 0.275 e.